The summed E-state index contributed by atoms with van der Waals surface area (Å²) in [4.78, 5) is 6.53. The monoisotopic (exact) mass is 220 g/mol. The van der Waals surface area contributed by atoms with E-state index >= 15 is 0 Å². The van der Waals surface area contributed by atoms with Crippen molar-refractivity contribution >= 4 is 5.82 Å². The van der Waals surface area contributed by atoms with Gasteiger partial charge in [0.25, 0.3) is 0 Å². The highest BCUT2D eigenvalue weighted by Crippen LogP contribution is 2.39. The van der Waals surface area contributed by atoms with Crippen LogP contribution >= 0.6 is 0 Å². The molecule has 1 heterocycles. The number of aliphatic hydroxyl groups is 1. The minimum Gasteiger partial charge on any atom is -0.389 e. The number of hydrogen-bond donors (Lipinski definition) is 1. The van der Waals surface area contributed by atoms with Crippen LogP contribution in [0.3, 0.4) is 0 Å². The fourth-order valence-electron chi connectivity index (χ4n) is 2.15. The maximum Gasteiger partial charge on any atom is 0.134 e. The Morgan fingerprint density at radius 1 is 1.62 bits per heavy atom. The molecule has 1 aromatic heterocycles. The first kappa shape index (κ1) is 11.4. The molecule has 1 saturated carbocycles. The van der Waals surface area contributed by atoms with E-state index in [1.807, 2.05) is 12.1 Å². The number of anilines is 1. The number of hydrogen-bond acceptors (Lipinski definition) is 3. The van der Waals surface area contributed by atoms with Crippen molar-refractivity contribution < 1.29 is 5.11 Å². The molecule has 0 bridgehead atoms. The quantitative estimate of drug-likeness (QED) is 0.845. The molecule has 0 aromatic carbocycles. The Balaban J connectivity index is 2.12. The molecule has 0 spiro atoms. The van der Waals surface area contributed by atoms with Gasteiger partial charge in [0.15, 0.2) is 0 Å². The Morgan fingerprint density at radius 2 is 2.31 bits per heavy atom. The summed E-state index contributed by atoms with van der Waals surface area (Å²) in [7, 11) is 2.05. The lowest BCUT2D eigenvalue weighted by Gasteiger charge is -2.22. The van der Waals surface area contributed by atoms with Crippen LogP contribution in [0.25, 0.3) is 0 Å². The standard InChI is InChI=1S/C13H20N2O/c1-9-7-11(9)8-15(3)13-12(10(2)16)5-4-6-14-13/h4-6,9-11,16H,7-8H2,1-3H3/t9?,10-,11?/m0/s1. The normalized spacial score (nSPS) is 25.2. The van der Waals surface area contributed by atoms with Crippen molar-refractivity contribution in [1.29, 1.82) is 0 Å². The Morgan fingerprint density at radius 3 is 2.88 bits per heavy atom. The molecule has 16 heavy (non-hydrogen) atoms. The summed E-state index contributed by atoms with van der Waals surface area (Å²) in [5.74, 6) is 2.56. The minimum atomic E-state index is -0.456. The van der Waals surface area contributed by atoms with Gasteiger partial charge in [-0.25, -0.2) is 4.98 Å². The predicted molar refractivity (Wildman–Crippen MR) is 65.4 cm³/mol. The van der Waals surface area contributed by atoms with Crippen LogP contribution in [0, 0.1) is 11.8 Å². The highest BCUT2D eigenvalue weighted by Gasteiger charge is 2.33. The third-order valence-corrected chi connectivity index (χ3v) is 3.41. The highest BCUT2D eigenvalue weighted by atomic mass is 16.3. The molecule has 2 rings (SSSR count). The second kappa shape index (κ2) is 4.42. The van der Waals surface area contributed by atoms with Crippen LogP contribution in [0.15, 0.2) is 18.3 Å². The first-order valence-electron chi connectivity index (χ1n) is 5.93. The molecule has 3 heteroatoms. The molecule has 3 atom stereocenters. The van der Waals surface area contributed by atoms with Crippen molar-refractivity contribution in [1.82, 2.24) is 4.98 Å². The molecular formula is C13H20N2O. The second-order valence-corrected chi connectivity index (χ2v) is 4.95. The molecular weight excluding hydrogens is 200 g/mol. The van der Waals surface area contributed by atoms with Gasteiger partial charge in [0.05, 0.1) is 6.10 Å². The van der Waals surface area contributed by atoms with Gasteiger partial charge >= 0.3 is 0 Å². The topological polar surface area (TPSA) is 36.4 Å². The molecule has 3 nitrogen and oxygen atoms in total. The summed E-state index contributed by atoms with van der Waals surface area (Å²) in [6.45, 7) is 5.11. The third-order valence-electron chi connectivity index (χ3n) is 3.41. The largest absolute Gasteiger partial charge is 0.389 e. The lowest BCUT2D eigenvalue weighted by molar-refractivity contribution is 0.199. The zero-order valence-electron chi connectivity index (χ0n) is 10.2. The average molecular weight is 220 g/mol. The Bertz CT molecular complexity index is 365. The zero-order chi connectivity index (χ0) is 11.7. The van der Waals surface area contributed by atoms with Gasteiger partial charge in [-0.3, -0.25) is 0 Å². The first-order chi connectivity index (χ1) is 7.59. The molecule has 1 N–H and O–H groups in total. The van der Waals surface area contributed by atoms with E-state index in [-0.39, 0.29) is 0 Å². The molecule has 88 valence electrons. The van der Waals surface area contributed by atoms with Gasteiger partial charge in [-0.15, -0.1) is 0 Å². The number of nitrogens with zero attached hydrogens (tertiary/aromatic N) is 2. The van der Waals surface area contributed by atoms with Crippen LogP contribution < -0.4 is 4.90 Å². The number of pyridine rings is 1. The van der Waals surface area contributed by atoms with Crippen LogP contribution in [0.4, 0.5) is 5.82 Å². The first-order valence-corrected chi connectivity index (χ1v) is 5.93. The van der Waals surface area contributed by atoms with E-state index in [9.17, 15) is 5.11 Å². The molecule has 1 fully saturated rings. The number of aliphatic hydroxyl groups excluding tert-OH is 1. The highest BCUT2D eigenvalue weighted by molar-refractivity contribution is 5.47. The summed E-state index contributed by atoms with van der Waals surface area (Å²) in [5.41, 5.74) is 0.915. The van der Waals surface area contributed by atoms with Crippen LogP contribution in [0.5, 0.6) is 0 Å². The maximum atomic E-state index is 9.69. The van der Waals surface area contributed by atoms with Crippen LogP contribution in [-0.2, 0) is 0 Å². The van der Waals surface area contributed by atoms with Gasteiger partial charge in [0.1, 0.15) is 5.82 Å². The SMILES string of the molecule is CC1CC1CN(C)c1ncccc1[C@H](C)O. The van der Waals surface area contributed by atoms with Gasteiger partial charge in [0.2, 0.25) is 0 Å². The number of aromatic nitrogens is 1. The molecule has 0 aliphatic heterocycles. The predicted octanol–water partition coefficient (Wildman–Crippen LogP) is 2.23. The molecule has 1 aliphatic rings. The summed E-state index contributed by atoms with van der Waals surface area (Å²) in [5, 5.41) is 9.69. The van der Waals surface area contributed by atoms with Crippen LogP contribution in [0.1, 0.15) is 31.9 Å². The van der Waals surface area contributed by atoms with E-state index in [1.165, 1.54) is 6.42 Å². The van der Waals surface area contributed by atoms with Crippen molar-refractivity contribution in [2.24, 2.45) is 11.8 Å². The van der Waals surface area contributed by atoms with Gasteiger partial charge in [-0.05, 0) is 31.2 Å². The van der Waals surface area contributed by atoms with Crippen LogP contribution in [-0.4, -0.2) is 23.7 Å². The zero-order valence-corrected chi connectivity index (χ0v) is 10.2. The second-order valence-electron chi connectivity index (χ2n) is 4.95. The summed E-state index contributed by atoms with van der Waals surface area (Å²) < 4.78 is 0. The number of rotatable bonds is 4. The van der Waals surface area contributed by atoms with E-state index < -0.39 is 6.10 Å². The van der Waals surface area contributed by atoms with Crippen molar-refractivity contribution in [3.8, 4) is 0 Å². The van der Waals surface area contributed by atoms with Gasteiger partial charge in [-0.2, -0.15) is 0 Å². The third kappa shape index (κ3) is 2.35. The maximum absolute atomic E-state index is 9.69. The van der Waals surface area contributed by atoms with Crippen molar-refractivity contribution in [2.45, 2.75) is 26.4 Å². The fourth-order valence-corrected chi connectivity index (χ4v) is 2.15. The van der Waals surface area contributed by atoms with E-state index in [0.717, 1.165) is 29.8 Å². The van der Waals surface area contributed by atoms with Gasteiger partial charge < -0.3 is 10.0 Å². The summed E-state index contributed by atoms with van der Waals surface area (Å²) >= 11 is 0. The fraction of sp³-hybridized carbons (Fsp3) is 0.615. The van der Waals surface area contributed by atoms with E-state index in [0.29, 0.717) is 0 Å². The van der Waals surface area contributed by atoms with E-state index in [4.69, 9.17) is 0 Å². The van der Waals surface area contributed by atoms with E-state index in [1.54, 1.807) is 13.1 Å². The lowest BCUT2D eigenvalue weighted by atomic mass is 10.1. The molecule has 1 aromatic rings. The smallest absolute Gasteiger partial charge is 0.134 e. The Labute approximate surface area is 97.1 Å². The van der Waals surface area contributed by atoms with E-state index in [2.05, 4.69) is 23.9 Å². The minimum absolute atomic E-state index is 0.456. The average Bonchev–Trinajstić information content (AvgIpc) is 2.94. The van der Waals surface area contributed by atoms with Crippen LogP contribution in [0.2, 0.25) is 0 Å². The van der Waals surface area contributed by atoms with Crippen molar-refractivity contribution in [3.63, 3.8) is 0 Å². The van der Waals surface area contributed by atoms with Gasteiger partial charge in [0, 0.05) is 25.4 Å². The Kier molecular flexibility index (Phi) is 3.15. The lowest BCUT2D eigenvalue weighted by Crippen LogP contribution is -2.23. The molecule has 0 amide bonds. The molecule has 1 aliphatic carbocycles. The summed E-state index contributed by atoms with van der Waals surface area (Å²) in [6, 6.07) is 3.82. The summed E-state index contributed by atoms with van der Waals surface area (Å²) in [6.07, 6.45) is 2.65. The van der Waals surface area contributed by atoms with Gasteiger partial charge in [-0.1, -0.05) is 13.0 Å². The molecule has 2 unspecified atom stereocenters. The van der Waals surface area contributed by atoms with Crippen molar-refractivity contribution in [2.75, 3.05) is 18.5 Å². The van der Waals surface area contributed by atoms with Crippen molar-refractivity contribution in [3.05, 3.63) is 23.9 Å². The Hall–Kier alpha value is -1.09. The molecule has 0 saturated heterocycles. The molecule has 0 radical (unpaired) electrons.